The first-order valence-corrected chi connectivity index (χ1v) is 5.02. The van der Waals surface area contributed by atoms with Gasteiger partial charge >= 0.3 is 0 Å². The molecule has 0 saturated heterocycles. The number of hydrogen-bond donors (Lipinski definition) is 1. The van der Waals surface area contributed by atoms with E-state index in [1.807, 2.05) is 0 Å². The predicted molar refractivity (Wildman–Crippen MR) is 60.8 cm³/mol. The molecule has 2 heterocycles. The van der Waals surface area contributed by atoms with E-state index in [-0.39, 0.29) is 5.56 Å². The van der Waals surface area contributed by atoms with Crippen molar-refractivity contribution in [1.82, 2.24) is 9.38 Å². The summed E-state index contributed by atoms with van der Waals surface area (Å²) in [5, 5.41) is 0. The van der Waals surface area contributed by atoms with Crippen LogP contribution in [-0.4, -0.2) is 23.0 Å². The molecule has 0 aliphatic heterocycles. The molecule has 0 unspecified atom stereocenters. The Labute approximate surface area is 92.5 Å². The van der Waals surface area contributed by atoms with Crippen molar-refractivity contribution in [3.63, 3.8) is 0 Å². The molecule has 0 aromatic carbocycles. The lowest BCUT2D eigenvalue weighted by Gasteiger charge is -2.07. The van der Waals surface area contributed by atoms with Crippen molar-refractivity contribution in [3.05, 3.63) is 40.3 Å². The predicted octanol–water partition coefficient (Wildman–Crippen LogP) is 0.204. The fraction of sp³-hybridized carbons (Fsp3) is 0.273. The maximum Gasteiger partial charge on any atom is 0.260 e. The monoisotopic (exact) mass is 219 g/mol. The molecule has 2 aromatic rings. The average molecular weight is 219 g/mol. The van der Waals surface area contributed by atoms with Crippen molar-refractivity contribution >= 4 is 5.65 Å². The highest BCUT2D eigenvalue weighted by Crippen LogP contribution is 2.10. The molecule has 0 bridgehead atoms. The Morgan fingerprint density at radius 2 is 2.31 bits per heavy atom. The highest BCUT2D eigenvalue weighted by atomic mass is 16.5. The number of methoxy groups -OCH3 is 1. The number of pyridine rings is 1. The minimum Gasteiger partial charge on any atom is -0.482 e. The van der Waals surface area contributed by atoms with Crippen LogP contribution in [0.4, 0.5) is 0 Å². The summed E-state index contributed by atoms with van der Waals surface area (Å²) < 4.78 is 6.54. The molecular formula is C11H13N3O2. The molecule has 0 aliphatic rings. The number of hydrogen-bond acceptors (Lipinski definition) is 4. The number of ether oxygens (including phenoxy) is 1. The van der Waals surface area contributed by atoms with E-state index in [0.717, 1.165) is 0 Å². The highest BCUT2D eigenvalue weighted by molar-refractivity contribution is 5.42. The largest absolute Gasteiger partial charge is 0.482 e. The van der Waals surface area contributed by atoms with Crippen molar-refractivity contribution in [2.75, 3.05) is 13.7 Å². The van der Waals surface area contributed by atoms with Crippen LogP contribution in [0, 0.1) is 0 Å². The summed E-state index contributed by atoms with van der Waals surface area (Å²) in [6, 6.07) is 6.78. The summed E-state index contributed by atoms with van der Waals surface area (Å²) >= 11 is 0. The molecule has 84 valence electrons. The summed E-state index contributed by atoms with van der Waals surface area (Å²) in [7, 11) is 1.52. The molecule has 16 heavy (non-hydrogen) atoms. The summed E-state index contributed by atoms with van der Waals surface area (Å²) in [6.45, 7) is 0.479. The van der Waals surface area contributed by atoms with E-state index in [0.29, 0.717) is 30.2 Å². The Balaban J connectivity index is 2.71. The zero-order valence-corrected chi connectivity index (χ0v) is 9.01. The van der Waals surface area contributed by atoms with Crippen LogP contribution in [0.5, 0.6) is 5.88 Å². The van der Waals surface area contributed by atoms with Crippen LogP contribution in [0.25, 0.3) is 5.65 Å². The van der Waals surface area contributed by atoms with Gasteiger partial charge in [-0.25, -0.2) is 9.38 Å². The lowest BCUT2D eigenvalue weighted by molar-refractivity contribution is 0.390. The van der Waals surface area contributed by atoms with E-state index >= 15 is 0 Å². The van der Waals surface area contributed by atoms with Gasteiger partial charge in [-0.15, -0.1) is 0 Å². The van der Waals surface area contributed by atoms with Crippen molar-refractivity contribution in [2.24, 2.45) is 5.73 Å². The number of nitrogens with zero attached hydrogens (tertiary/aromatic N) is 2. The molecule has 2 rings (SSSR count). The summed E-state index contributed by atoms with van der Waals surface area (Å²) in [4.78, 5) is 16.2. The van der Waals surface area contributed by atoms with Crippen LogP contribution >= 0.6 is 0 Å². The molecule has 0 saturated carbocycles. The zero-order chi connectivity index (χ0) is 11.5. The van der Waals surface area contributed by atoms with E-state index in [9.17, 15) is 4.79 Å². The van der Waals surface area contributed by atoms with Gasteiger partial charge in [0.15, 0.2) is 0 Å². The first-order valence-electron chi connectivity index (χ1n) is 5.02. The fourth-order valence-corrected chi connectivity index (χ4v) is 1.61. The van der Waals surface area contributed by atoms with Gasteiger partial charge in [-0.1, -0.05) is 6.07 Å². The molecule has 5 nitrogen and oxygen atoms in total. The Morgan fingerprint density at radius 1 is 1.50 bits per heavy atom. The summed E-state index contributed by atoms with van der Waals surface area (Å²) in [5.74, 6) is 0.481. The second-order valence-electron chi connectivity index (χ2n) is 3.39. The topological polar surface area (TPSA) is 69.6 Å². The molecule has 0 radical (unpaired) electrons. The molecule has 5 heteroatoms. The van der Waals surface area contributed by atoms with Crippen LogP contribution in [0.1, 0.15) is 5.69 Å². The third kappa shape index (κ3) is 1.77. The number of nitrogens with two attached hydrogens (primary N) is 1. The Hall–Kier alpha value is -1.88. The maximum absolute atomic E-state index is 11.9. The van der Waals surface area contributed by atoms with Gasteiger partial charge in [-0.2, -0.15) is 0 Å². The smallest absolute Gasteiger partial charge is 0.260 e. The van der Waals surface area contributed by atoms with Crippen molar-refractivity contribution in [1.29, 1.82) is 0 Å². The minimum absolute atomic E-state index is 0.147. The van der Waals surface area contributed by atoms with Gasteiger partial charge in [0.2, 0.25) is 5.88 Å². The van der Waals surface area contributed by atoms with Gasteiger partial charge in [0.05, 0.1) is 7.11 Å². The van der Waals surface area contributed by atoms with E-state index in [4.69, 9.17) is 10.5 Å². The third-order valence-corrected chi connectivity index (χ3v) is 2.31. The van der Waals surface area contributed by atoms with E-state index in [2.05, 4.69) is 4.98 Å². The van der Waals surface area contributed by atoms with Gasteiger partial charge < -0.3 is 10.5 Å². The molecule has 0 amide bonds. The van der Waals surface area contributed by atoms with Crippen molar-refractivity contribution < 1.29 is 4.74 Å². The molecule has 2 N–H and O–H groups in total. The minimum atomic E-state index is -0.147. The number of fused-ring (bicyclic) bond motifs is 1. The molecule has 0 fully saturated rings. The molecule has 0 atom stereocenters. The fourth-order valence-electron chi connectivity index (χ4n) is 1.61. The highest BCUT2D eigenvalue weighted by Gasteiger charge is 2.05. The lowest BCUT2D eigenvalue weighted by atomic mass is 10.3. The van der Waals surface area contributed by atoms with Gasteiger partial charge in [-0.05, 0) is 18.7 Å². The first kappa shape index (κ1) is 10.6. The Bertz CT molecular complexity index is 563. The third-order valence-electron chi connectivity index (χ3n) is 2.31. The van der Waals surface area contributed by atoms with E-state index < -0.39 is 0 Å². The normalized spacial score (nSPS) is 10.6. The van der Waals surface area contributed by atoms with Crippen molar-refractivity contribution in [3.8, 4) is 5.88 Å². The number of rotatable bonds is 3. The number of aromatic nitrogens is 2. The first-order chi connectivity index (χ1) is 7.76. The SMILES string of the molecule is COc1cccc2nc(CCN)cc(=O)n12. The van der Waals surface area contributed by atoms with Crippen LogP contribution in [0.15, 0.2) is 29.1 Å². The second-order valence-corrected chi connectivity index (χ2v) is 3.39. The second kappa shape index (κ2) is 4.32. The summed E-state index contributed by atoms with van der Waals surface area (Å²) in [5.41, 5.74) is 6.58. The lowest BCUT2D eigenvalue weighted by Crippen LogP contribution is -2.18. The van der Waals surface area contributed by atoms with Crippen LogP contribution in [0.2, 0.25) is 0 Å². The van der Waals surface area contributed by atoms with Gasteiger partial charge in [-0.3, -0.25) is 4.79 Å². The van der Waals surface area contributed by atoms with Crippen LogP contribution in [0.3, 0.4) is 0 Å². The maximum atomic E-state index is 11.9. The average Bonchev–Trinajstić information content (AvgIpc) is 2.28. The Kier molecular flexibility index (Phi) is 2.87. The van der Waals surface area contributed by atoms with Crippen molar-refractivity contribution in [2.45, 2.75) is 6.42 Å². The molecule has 0 spiro atoms. The quantitative estimate of drug-likeness (QED) is 0.800. The van der Waals surface area contributed by atoms with Gasteiger partial charge in [0.25, 0.3) is 5.56 Å². The van der Waals surface area contributed by atoms with E-state index in [1.165, 1.54) is 17.6 Å². The molecular weight excluding hydrogens is 206 g/mol. The van der Waals surface area contributed by atoms with Crippen LogP contribution < -0.4 is 16.0 Å². The Morgan fingerprint density at radius 3 is 3.00 bits per heavy atom. The molecule has 0 aliphatic carbocycles. The van der Waals surface area contributed by atoms with Gasteiger partial charge in [0, 0.05) is 18.2 Å². The van der Waals surface area contributed by atoms with Crippen LogP contribution in [-0.2, 0) is 6.42 Å². The summed E-state index contributed by atoms with van der Waals surface area (Å²) in [6.07, 6.45) is 0.600. The van der Waals surface area contributed by atoms with Gasteiger partial charge in [0.1, 0.15) is 5.65 Å². The zero-order valence-electron chi connectivity index (χ0n) is 9.01. The van der Waals surface area contributed by atoms with E-state index in [1.54, 1.807) is 18.2 Å². The molecule has 2 aromatic heterocycles. The standard InChI is InChI=1S/C11H13N3O2/c1-16-11-4-2-3-9-13-8(5-6-12)7-10(15)14(9)11/h2-4,7H,5-6,12H2,1H3.